The summed E-state index contributed by atoms with van der Waals surface area (Å²) in [6, 6.07) is 18.2. The van der Waals surface area contributed by atoms with Crippen LogP contribution in [0.3, 0.4) is 0 Å². The second-order valence-electron chi connectivity index (χ2n) is 8.25. The Kier molecular flexibility index (Phi) is 5.65. The number of fused-ring (bicyclic) bond motifs is 2. The Balaban J connectivity index is 1.23. The first-order valence-corrected chi connectivity index (χ1v) is 12.3. The van der Waals surface area contributed by atoms with Gasteiger partial charge in [0.05, 0.1) is 24.2 Å². The summed E-state index contributed by atoms with van der Waals surface area (Å²) in [5.41, 5.74) is 10.7. The summed E-state index contributed by atoms with van der Waals surface area (Å²) in [5.74, 6) is 0.306. The van der Waals surface area contributed by atoms with Gasteiger partial charge in [0, 0.05) is 24.9 Å². The Hall–Kier alpha value is -3.20. The van der Waals surface area contributed by atoms with E-state index in [1.165, 1.54) is 0 Å². The third kappa shape index (κ3) is 4.37. The van der Waals surface area contributed by atoms with Crippen LogP contribution in [0.5, 0.6) is 5.75 Å². The Labute approximate surface area is 192 Å². The van der Waals surface area contributed by atoms with Crippen molar-refractivity contribution in [2.75, 3.05) is 6.61 Å². The molecule has 0 spiro atoms. The molecule has 0 aromatic heterocycles. The molecule has 33 heavy (non-hydrogen) atoms. The number of hydrogen-bond acceptors (Lipinski definition) is 5. The molecule has 3 N–H and O–H groups in total. The first kappa shape index (κ1) is 21.6. The number of nitrogens with two attached hydrogens (primary N) is 1. The lowest BCUT2D eigenvalue weighted by Crippen LogP contribution is -2.23. The van der Waals surface area contributed by atoms with Gasteiger partial charge in [0.2, 0.25) is 15.9 Å². The molecule has 1 atom stereocenters. The van der Waals surface area contributed by atoms with Crippen molar-refractivity contribution in [3.63, 3.8) is 0 Å². The molecule has 2 aliphatic rings. The van der Waals surface area contributed by atoms with Crippen molar-refractivity contribution in [1.29, 1.82) is 0 Å². The number of carbonyl (C=O) groups excluding carboxylic acids is 1. The van der Waals surface area contributed by atoms with Gasteiger partial charge in [-0.2, -0.15) is 0 Å². The maximum atomic E-state index is 12.7. The molecule has 0 bridgehead atoms. The lowest BCUT2D eigenvalue weighted by Gasteiger charge is -2.12. The minimum absolute atomic E-state index is 0.146. The summed E-state index contributed by atoms with van der Waals surface area (Å²) in [6.45, 7) is 1.15. The molecule has 8 heteroatoms. The highest BCUT2D eigenvalue weighted by Gasteiger charge is 2.27. The molecule has 0 aliphatic carbocycles. The summed E-state index contributed by atoms with van der Waals surface area (Å²) in [6.07, 6.45) is 1.23. The molecule has 0 saturated carbocycles. The van der Waals surface area contributed by atoms with Crippen LogP contribution in [0.4, 0.5) is 0 Å². The smallest absolute Gasteiger partial charge is 0.249 e. The first-order chi connectivity index (χ1) is 15.9. The van der Waals surface area contributed by atoms with Crippen LogP contribution in [-0.2, 0) is 40.8 Å². The number of amides is 1. The van der Waals surface area contributed by atoms with Crippen molar-refractivity contribution in [2.24, 2.45) is 5.73 Å². The van der Waals surface area contributed by atoms with Crippen LogP contribution in [0.1, 0.15) is 44.3 Å². The highest BCUT2D eigenvalue weighted by molar-refractivity contribution is 7.89. The molecule has 170 valence electrons. The minimum atomic E-state index is -3.62. The number of sulfonamides is 1. The standard InChI is InChI=1S/C25H24N2O5S/c26-25(28)21-3-1-2-20-22(21)15-32-24(20)12-16-4-6-17(7-5-16)14-27-33(29,30)19-8-9-23-18(13-19)10-11-31-23/h1-9,13,24,27H,10-12,14-15H2,(H2,26,28). The molecule has 1 unspecified atom stereocenters. The summed E-state index contributed by atoms with van der Waals surface area (Å²) < 4.78 is 39.4. The molecular weight excluding hydrogens is 440 g/mol. The van der Waals surface area contributed by atoms with Crippen molar-refractivity contribution in [3.8, 4) is 5.75 Å². The zero-order valence-electron chi connectivity index (χ0n) is 17.9. The largest absolute Gasteiger partial charge is 0.493 e. The fourth-order valence-electron chi connectivity index (χ4n) is 4.34. The Bertz CT molecular complexity index is 1320. The maximum Gasteiger partial charge on any atom is 0.249 e. The topological polar surface area (TPSA) is 108 Å². The Morgan fingerprint density at radius 1 is 1.06 bits per heavy atom. The molecule has 3 aromatic rings. The summed E-state index contributed by atoms with van der Waals surface area (Å²) >= 11 is 0. The van der Waals surface area contributed by atoms with Gasteiger partial charge in [0.15, 0.2) is 0 Å². The van der Waals surface area contributed by atoms with Crippen LogP contribution in [0, 0.1) is 0 Å². The van der Waals surface area contributed by atoms with Gasteiger partial charge < -0.3 is 15.2 Å². The molecule has 1 amide bonds. The Morgan fingerprint density at radius 2 is 1.85 bits per heavy atom. The number of nitrogens with one attached hydrogen (secondary N) is 1. The molecule has 0 fully saturated rings. The molecule has 0 radical (unpaired) electrons. The molecule has 5 rings (SSSR count). The van der Waals surface area contributed by atoms with Crippen LogP contribution in [-0.4, -0.2) is 20.9 Å². The first-order valence-electron chi connectivity index (χ1n) is 10.8. The lowest BCUT2D eigenvalue weighted by molar-refractivity contribution is 0.0661. The van der Waals surface area contributed by atoms with E-state index in [1.54, 1.807) is 24.3 Å². The van der Waals surface area contributed by atoms with E-state index in [1.807, 2.05) is 36.4 Å². The van der Waals surface area contributed by atoms with E-state index in [-0.39, 0.29) is 17.5 Å². The number of rotatable bonds is 7. The molecule has 7 nitrogen and oxygen atoms in total. The van der Waals surface area contributed by atoms with Gasteiger partial charge >= 0.3 is 0 Å². The number of ether oxygens (including phenoxy) is 2. The Morgan fingerprint density at radius 3 is 2.64 bits per heavy atom. The molecular formula is C25H24N2O5S. The highest BCUT2D eigenvalue weighted by atomic mass is 32.2. The van der Waals surface area contributed by atoms with E-state index < -0.39 is 15.9 Å². The summed E-state index contributed by atoms with van der Waals surface area (Å²) in [7, 11) is -3.62. The van der Waals surface area contributed by atoms with E-state index in [4.69, 9.17) is 15.2 Å². The van der Waals surface area contributed by atoms with Crippen molar-refractivity contribution < 1.29 is 22.7 Å². The predicted molar refractivity (Wildman–Crippen MR) is 122 cm³/mol. The predicted octanol–water partition coefficient (Wildman–Crippen LogP) is 3.01. The van der Waals surface area contributed by atoms with Crippen LogP contribution in [0.25, 0.3) is 0 Å². The summed E-state index contributed by atoms with van der Waals surface area (Å²) in [4.78, 5) is 11.9. The fraction of sp³-hybridized carbons (Fsp3) is 0.240. The van der Waals surface area contributed by atoms with Crippen LogP contribution < -0.4 is 15.2 Å². The third-order valence-corrected chi connectivity index (χ3v) is 7.53. The van der Waals surface area contributed by atoms with Crippen molar-refractivity contribution in [3.05, 3.63) is 94.0 Å². The SMILES string of the molecule is NC(=O)c1cccc2c1COC2Cc1ccc(CNS(=O)(=O)c2ccc3c(c2)CCO3)cc1. The van der Waals surface area contributed by atoms with Gasteiger partial charge in [-0.05, 0) is 52.1 Å². The third-order valence-electron chi connectivity index (χ3n) is 6.14. The normalized spacial score (nSPS) is 16.8. The highest BCUT2D eigenvalue weighted by Crippen LogP contribution is 2.35. The van der Waals surface area contributed by atoms with E-state index >= 15 is 0 Å². The monoisotopic (exact) mass is 464 g/mol. The van der Waals surface area contributed by atoms with Gasteiger partial charge in [-0.1, -0.05) is 36.4 Å². The second-order valence-corrected chi connectivity index (χ2v) is 10.0. The maximum absolute atomic E-state index is 12.7. The van der Waals surface area contributed by atoms with Gasteiger partial charge in [-0.15, -0.1) is 0 Å². The van der Waals surface area contributed by atoms with Crippen molar-refractivity contribution in [1.82, 2.24) is 4.72 Å². The van der Waals surface area contributed by atoms with Crippen molar-refractivity contribution >= 4 is 15.9 Å². The zero-order valence-corrected chi connectivity index (χ0v) is 18.7. The number of hydrogen-bond donors (Lipinski definition) is 2. The van der Waals surface area contributed by atoms with E-state index in [2.05, 4.69) is 4.72 Å². The van der Waals surface area contributed by atoms with Gasteiger partial charge in [0.25, 0.3) is 0 Å². The summed E-state index contributed by atoms with van der Waals surface area (Å²) in [5, 5.41) is 0. The van der Waals surface area contributed by atoms with E-state index in [0.29, 0.717) is 25.2 Å². The van der Waals surface area contributed by atoms with E-state index in [0.717, 1.165) is 40.0 Å². The van der Waals surface area contributed by atoms with Gasteiger partial charge in [-0.25, -0.2) is 13.1 Å². The van der Waals surface area contributed by atoms with Gasteiger partial charge in [-0.3, -0.25) is 4.79 Å². The second kappa shape index (κ2) is 8.62. The number of primary amides is 1. The van der Waals surface area contributed by atoms with E-state index in [9.17, 15) is 13.2 Å². The van der Waals surface area contributed by atoms with Crippen LogP contribution in [0.15, 0.2) is 65.6 Å². The fourth-order valence-corrected chi connectivity index (χ4v) is 5.41. The molecule has 2 aliphatic heterocycles. The average molecular weight is 465 g/mol. The number of carbonyl (C=O) groups is 1. The molecule has 2 heterocycles. The van der Waals surface area contributed by atoms with Crippen LogP contribution >= 0.6 is 0 Å². The number of benzene rings is 3. The lowest BCUT2D eigenvalue weighted by atomic mass is 9.96. The minimum Gasteiger partial charge on any atom is -0.493 e. The average Bonchev–Trinajstić information content (AvgIpc) is 3.45. The zero-order chi connectivity index (χ0) is 23.0. The van der Waals surface area contributed by atoms with Crippen molar-refractivity contribution in [2.45, 2.75) is 37.0 Å². The van der Waals surface area contributed by atoms with Crippen LogP contribution in [0.2, 0.25) is 0 Å². The quantitative estimate of drug-likeness (QED) is 0.559. The molecule has 0 saturated heterocycles. The van der Waals surface area contributed by atoms with Gasteiger partial charge in [0.1, 0.15) is 5.75 Å². The molecule has 3 aromatic carbocycles.